The van der Waals surface area contributed by atoms with Crippen LogP contribution in [0, 0.1) is 0 Å². The van der Waals surface area contributed by atoms with Crippen molar-refractivity contribution < 1.29 is 19.1 Å². The Bertz CT molecular complexity index is 1500. The van der Waals surface area contributed by atoms with Gasteiger partial charge in [0.25, 0.3) is 11.1 Å². The molecule has 1 aliphatic heterocycles. The Labute approximate surface area is 219 Å². The molecule has 0 radical (unpaired) electrons. The van der Waals surface area contributed by atoms with Crippen molar-refractivity contribution in [1.29, 1.82) is 0 Å². The van der Waals surface area contributed by atoms with E-state index in [0.717, 1.165) is 44.8 Å². The monoisotopic (exact) mass is 510 g/mol. The molecule has 4 aromatic carbocycles. The van der Waals surface area contributed by atoms with Crippen LogP contribution in [0.5, 0.6) is 5.75 Å². The van der Waals surface area contributed by atoms with Crippen LogP contribution in [-0.4, -0.2) is 41.4 Å². The van der Waals surface area contributed by atoms with E-state index < -0.39 is 5.25 Å². The second-order valence-corrected chi connectivity index (χ2v) is 10.2. The Morgan fingerprint density at radius 1 is 0.892 bits per heavy atom. The van der Waals surface area contributed by atoms with Crippen molar-refractivity contribution >= 4 is 39.6 Å². The molecule has 3 amide bonds. The van der Waals surface area contributed by atoms with Crippen LogP contribution < -0.4 is 10.1 Å². The average Bonchev–Trinajstić information content (AvgIpc) is 3.24. The normalized spacial score (nSPS) is 15.0. The smallest absolute Gasteiger partial charge is 0.286 e. The van der Waals surface area contributed by atoms with Crippen molar-refractivity contribution in [3.8, 4) is 16.9 Å². The van der Waals surface area contributed by atoms with Gasteiger partial charge >= 0.3 is 0 Å². The summed E-state index contributed by atoms with van der Waals surface area (Å²) in [5.41, 5.74) is 4.41. The number of methoxy groups -OCH3 is 1. The number of thioether (sulfide) groups is 1. The van der Waals surface area contributed by atoms with Crippen LogP contribution in [0.25, 0.3) is 21.9 Å². The van der Waals surface area contributed by atoms with Crippen LogP contribution in [0.4, 0.5) is 4.79 Å². The van der Waals surface area contributed by atoms with Gasteiger partial charge in [0.05, 0.1) is 17.9 Å². The summed E-state index contributed by atoms with van der Waals surface area (Å²) in [6.07, 6.45) is 0.397. The maximum atomic E-state index is 13.6. The number of nitrogens with zero attached hydrogens (tertiary/aromatic N) is 1. The third-order valence-corrected chi connectivity index (χ3v) is 7.52. The third-order valence-electron chi connectivity index (χ3n) is 6.54. The van der Waals surface area contributed by atoms with Crippen LogP contribution in [-0.2, 0) is 17.8 Å². The minimum Gasteiger partial charge on any atom is -0.496 e. The van der Waals surface area contributed by atoms with Crippen molar-refractivity contribution in [1.82, 2.24) is 10.2 Å². The van der Waals surface area contributed by atoms with Crippen molar-refractivity contribution in [3.05, 3.63) is 102 Å². The SMILES string of the molecule is COc1cc2ccccc2cc1C(=O)N(C)Cc1cc(-c2ccccc2)ccc1CC1SC(=O)NC1=O. The Morgan fingerprint density at radius 2 is 1.59 bits per heavy atom. The lowest BCUT2D eigenvalue weighted by atomic mass is 9.96. The number of ether oxygens (including phenoxy) is 1. The van der Waals surface area contributed by atoms with Gasteiger partial charge in [0.1, 0.15) is 5.75 Å². The number of benzene rings is 4. The first-order valence-electron chi connectivity index (χ1n) is 11.9. The summed E-state index contributed by atoms with van der Waals surface area (Å²) in [5, 5.41) is 3.50. The maximum Gasteiger partial charge on any atom is 0.286 e. The molecule has 5 rings (SSSR count). The fourth-order valence-electron chi connectivity index (χ4n) is 4.60. The summed E-state index contributed by atoms with van der Waals surface area (Å²) >= 11 is 1.01. The van der Waals surface area contributed by atoms with E-state index in [9.17, 15) is 14.4 Å². The highest BCUT2D eigenvalue weighted by Crippen LogP contribution is 2.30. The van der Waals surface area contributed by atoms with Crippen molar-refractivity contribution in [3.63, 3.8) is 0 Å². The molecule has 1 saturated heterocycles. The molecule has 186 valence electrons. The Balaban J connectivity index is 1.48. The number of hydrogen-bond donors (Lipinski definition) is 1. The van der Waals surface area contributed by atoms with Gasteiger partial charge in [-0.05, 0) is 57.6 Å². The number of amides is 3. The lowest BCUT2D eigenvalue weighted by Crippen LogP contribution is -2.28. The van der Waals surface area contributed by atoms with Gasteiger partial charge in [-0.2, -0.15) is 0 Å². The molecule has 6 nitrogen and oxygen atoms in total. The summed E-state index contributed by atoms with van der Waals surface area (Å²) in [6, 6.07) is 27.7. The van der Waals surface area contributed by atoms with Gasteiger partial charge in [-0.1, -0.05) is 78.5 Å². The number of carbonyl (C=O) groups excluding carboxylic acids is 3. The van der Waals surface area contributed by atoms with E-state index in [-0.39, 0.29) is 17.1 Å². The first kappa shape index (κ1) is 24.6. The Kier molecular flexibility index (Phi) is 6.97. The fraction of sp³-hybridized carbons (Fsp3) is 0.167. The second kappa shape index (κ2) is 10.5. The molecule has 0 aliphatic carbocycles. The largest absolute Gasteiger partial charge is 0.496 e. The lowest BCUT2D eigenvalue weighted by molar-refractivity contribution is -0.118. The minimum atomic E-state index is -0.490. The zero-order chi connectivity index (χ0) is 25.9. The molecule has 1 N–H and O–H groups in total. The Hall–Kier alpha value is -4.10. The van der Waals surface area contributed by atoms with E-state index in [1.165, 1.54) is 0 Å². The van der Waals surface area contributed by atoms with Crippen LogP contribution in [0.1, 0.15) is 21.5 Å². The Morgan fingerprint density at radius 3 is 2.27 bits per heavy atom. The van der Waals surface area contributed by atoms with Gasteiger partial charge in [0, 0.05) is 13.6 Å². The highest BCUT2D eigenvalue weighted by Gasteiger charge is 2.32. The van der Waals surface area contributed by atoms with Gasteiger partial charge in [-0.3, -0.25) is 19.7 Å². The topological polar surface area (TPSA) is 75.7 Å². The predicted molar refractivity (Wildman–Crippen MR) is 147 cm³/mol. The predicted octanol–water partition coefficient (Wildman–Crippen LogP) is 5.68. The summed E-state index contributed by atoms with van der Waals surface area (Å²) in [4.78, 5) is 39.2. The molecule has 0 bridgehead atoms. The number of imide groups is 1. The molecule has 1 atom stereocenters. The van der Waals surface area contributed by atoms with Crippen LogP contribution in [0.15, 0.2) is 84.9 Å². The van der Waals surface area contributed by atoms with Crippen molar-refractivity contribution in [2.24, 2.45) is 0 Å². The number of carbonyl (C=O) groups is 3. The summed E-state index contributed by atoms with van der Waals surface area (Å²) in [7, 11) is 3.32. The van der Waals surface area contributed by atoms with Gasteiger partial charge in [-0.25, -0.2) is 0 Å². The number of hydrogen-bond acceptors (Lipinski definition) is 5. The maximum absolute atomic E-state index is 13.6. The van der Waals surface area contributed by atoms with Crippen LogP contribution >= 0.6 is 11.8 Å². The molecular formula is C30H26N2O4S. The van der Waals surface area contributed by atoms with E-state index in [2.05, 4.69) is 11.4 Å². The third kappa shape index (κ3) is 5.22. The highest BCUT2D eigenvalue weighted by atomic mass is 32.2. The van der Waals surface area contributed by atoms with Crippen LogP contribution in [0.2, 0.25) is 0 Å². The molecule has 1 heterocycles. The first-order chi connectivity index (χ1) is 17.9. The van der Waals surface area contributed by atoms with Crippen molar-refractivity contribution in [2.75, 3.05) is 14.2 Å². The fourth-order valence-corrected chi connectivity index (χ4v) is 5.44. The van der Waals surface area contributed by atoms with Gasteiger partial charge in [0.15, 0.2) is 0 Å². The van der Waals surface area contributed by atoms with E-state index in [1.54, 1.807) is 19.1 Å². The molecule has 0 spiro atoms. The molecule has 0 aromatic heterocycles. The molecule has 37 heavy (non-hydrogen) atoms. The number of nitrogens with one attached hydrogen (secondary N) is 1. The lowest BCUT2D eigenvalue weighted by Gasteiger charge is -2.22. The number of rotatable bonds is 7. The van der Waals surface area contributed by atoms with Gasteiger partial charge in [-0.15, -0.1) is 0 Å². The number of fused-ring (bicyclic) bond motifs is 1. The molecule has 0 saturated carbocycles. The van der Waals surface area contributed by atoms with Crippen molar-refractivity contribution in [2.45, 2.75) is 18.2 Å². The van der Waals surface area contributed by atoms with E-state index >= 15 is 0 Å². The standard InChI is InChI=1S/C30H26N2O4S/c1-32(29(34)25-15-20-10-6-7-11-21(20)16-26(25)36-2)18-24-14-22(19-8-4-3-5-9-19)12-13-23(24)17-27-28(33)31-30(35)37-27/h3-16,27H,17-18H2,1-2H3,(H,31,33,35). The molecule has 1 fully saturated rings. The van der Waals surface area contributed by atoms with E-state index in [4.69, 9.17) is 4.74 Å². The zero-order valence-corrected chi connectivity index (χ0v) is 21.4. The van der Waals surface area contributed by atoms with E-state index in [0.29, 0.717) is 24.3 Å². The van der Waals surface area contributed by atoms with Gasteiger partial charge < -0.3 is 9.64 Å². The highest BCUT2D eigenvalue weighted by molar-refractivity contribution is 8.15. The molecular weight excluding hydrogens is 484 g/mol. The van der Waals surface area contributed by atoms with Crippen LogP contribution in [0.3, 0.4) is 0 Å². The summed E-state index contributed by atoms with van der Waals surface area (Å²) in [5.74, 6) is 0.0756. The second-order valence-electron chi connectivity index (χ2n) is 9.00. The first-order valence-corrected chi connectivity index (χ1v) is 12.8. The zero-order valence-electron chi connectivity index (χ0n) is 20.6. The average molecular weight is 511 g/mol. The quantitative estimate of drug-likeness (QED) is 0.346. The molecule has 1 unspecified atom stereocenters. The molecule has 1 aliphatic rings. The molecule has 7 heteroatoms. The van der Waals surface area contributed by atoms with E-state index in [1.807, 2.05) is 78.9 Å². The summed E-state index contributed by atoms with van der Waals surface area (Å²) < 4.78 is 5.56. The van der Waals surface area contributed by atoms with Gasteiger partial charge in [0.2, 0.25) is 5.91 Å². The summed E-state index contributed by atoms with van der Waals surface area (Å²) in [6.45, 7) is 0.331. The minimum absolute atomic E-state index is 0.165. The molecule has 4 aromatic rings.